The van der Waals surface area contributed by atoms with Gasteiger partial charge >= 0.3 is 0 Å². The Hall–Kier alpha value is -3.14. The van der Waals surface area contributed by atoms with Gasteiger partial charge in [0.15, 0.2) is 0 Å². The van der Waals surface area contributed by atoms with E-state index in [1.54, 1.807) is 22.7 Å². The van der Waals surface area contributed by atoms with Gasteiger partial charge in [0.1, 0.15) is 0 Å². The van der Waals surface area contributed by atoms with Crippen molar-refractivity contribution < 1.29 is 0 Å². The predicted octanol–water partition coefficient (Wildman–Crippen LogP) is 8.61. The lowest BCUT2D eigenvalue weighted by molar-refractivity contribution is 1.29. The van der Waals surface area contributed by atoms with E-state index in [1.165, 1.54) is 26.6 Å². The fourth-order valence-corrected chi connectivity index (χ4v) is 5.18. The molecule has 1 nitrogen and oxygen atoms in total. The summed E-state index contributed by atoms with van der Waals surface area (Å²) in [6.07, 6.45) is 0. The van der Waals surface area contributed by atoms with Gasteiger partial charge in [-0.05, 0) is 53.2 Å². The summed E-state index contributed by atoms with van der Waals surface area (Å²) in [5.41, 5.74) is 6.05. The summed E-state index contributed by atoms with van der Waals surface area (Å²) in [4.78, 5) is 4.92. The molecule has 0 aliphatic rings. The largest absolute Gasteiger partial charge is 0.310 e. The lowest BCUT2D eigenvalue weighted by atomic mass is 10.0. The van der Waals surface area contributed by atoms with Crippen LogP contribution in [0.2, 0.25) is 0 Å². The quantitative estimate of drug-likeness (QED) is 0.281. The molecule has 0 unspecified atom stereocenters. The van der Waals surface area contributed by atoms with Crippen LogP contribution in [0.3, 0.4) is 0 Å². The molecule has 0 saturated carbocycles. The molecule has 0 N–H and O–H groups in total. The second kappa shape index (κ2) is 8.08. The first kappa shape index (κ1) is 17.9. The van der Waals surface area contributed by atoms with Crippen LogP contribution in [0.4, 0.5) is 17.1 Å². The van der Waals surface area contributed by atoms with Gasteiger partial charge in [0.25, 0.3) is 0 Å². The van der Waals surface area contributed by atoms with E-state index < -0.39 is 0 Å². The fourth-order valence-electron chi connectivity index (χ4n) is 3.62. The van der Waals surface area contributed by atoms with Crippen molar-refractivity contribution in [3.8, 4) is 20.9 Å². The van der Waals surface area contributed by atoms with Gasteiger partial charge in [0.05, 0.1) is 5.69 Å². The van der Waals surface area contributed by atoms with E-state index in [4.69, 9.17) is 0 Å². The van der Waals surface area contributed by atoms with Gasteiger partial charge < -0.3 is 4.90 Å². The van der Waals surface area contributed by atoms with E-state index in [9.17, 15) is 0 Å². The molecule has 5 aromatic rings. The number of nitrogens with zero attached hydrogens (tertiary/aromatic N) is 1. The monoisotopic (exact) mass is 409 g/mol. The molecule has 140 valence electrons. The number of rotatable bonds is 5. The number of para-hydroxylation sites is 2. The molecule has 0 radical (unpaired) electrons. The molecule has 0 saturated heterocycles. The lowest BCUT2D eigenvalue weighted by Gasteiger charge is -2.28. The molecule has 0 spiro atoms. The highest BCUT2D eigenvalue weighted by Gasteiger charge is 2.20. The topological polar surface area (TPSA) is 3.24 Å². The Morgan fingerprint density at radius 3 is 1.62 bits per heavy atom. The minimum absolute atomic E-state index is 1.15. The summed E-state index contributed by atoms with van der Waals surface area (Å²) in [7, 11) is 0. The zero-order valence-corrected chi connectivity index (χ0v) is 17.4. The SMILES string of the molecule is c1ccc(N(c2ccccc2)c2cccc(-c3cccs3)c2-c2cccs2)cc1. The Bertz CT molecular complexity index is 1140. The number of benzene rings is 3. The maximum Gasteiger partial charge on any atom is 0.0554 e. The van der Waals surface area contributed by atoms with Gasteiger partial charge in [-0.25, -0.2) is 0 Å². The van der Waals surface area contributed by atoms with E-state index in [2.05, 4.69) is 119 Å². The van der Waals surface area contributed by atoms with Gasteiger partial charge in [-0.3, -0.25) is 0 Å². The molecule has 2 aromatic heterocycles. The molecule has 5 rings (SSSR count). The van der Waals surface area contributed by atoms with Crippen molar-refractivity contribution in [1.29, 1.82) is 0 Å². The first-order chi connectivity index (χ1) is 14.4. The van der Waals surface area contributed by atoms with Crippen LogP contribution in [0.5, 0.6) is 0 Å². The van der Waals surface area contributed by atoms with E-state index in [-0.39, 0.29) is 0 Å². The van der Waals surface area contributed by atoms with E-state index in [0.29, 0.717) is 0 Å². The molecule has 0 fully saturated rings. The lowest BCUT2D eigenvalue weighted by Crippen LogP contribution is -2.11. The summed E-state index contributed by atoms with van der Waals surface area (Å²) in [5.74, 6) is 0. The summed E-state index contributed by atoms with van der Waals surface area (Å²) in [5, 5.41) is 4.30. The first-order valence-electron chi connectivity index (χ1n) is 9.53. The summed E-state index contributed by atoms with van der Waals surface area (Å²) in [6.45, 7) is 0. The van der Waals surface area contributed by atoms with Crippen LogP contribution in [0.1, 0.15) is 0 Å². The van der Waals surface area contributed by atoms with Crippen molar-refractivity contribution in [3.63, 3.8) is 0 Å². The van der Waals surface area contributed by atoms with Crippen LogP contribution < -0.4 is 4.90 Å². The number of thiophene rings is 2. The van der Waals surface area contributed by atoms with Crippen LogP contribution in [0.15, 0.2) is 114 Å². The maximum absolute atomic E-state index is 2.35. The average molecular weight is 410 g/mol. The van der Waals surface area contributed by atoms with Crippen molar-refractivity contribution in [2.24, 2.45) is 0 Å². The smallest absolute Gasteiger partial charge is 0.0554 e. The van der Waals surface area contributed by atoms with E-state index >= 15 is 0 Å². The summed E-state index contributed by atoms with van der Waals surface area (Å²) < 4.78 is 0. The van der Waals surface area contributed by atoms with Gasteiger partial charge in [0.2, 0.25) is 0 Å². The van der Waals surface area contributed by atoms with Crippen LogP contribution in [0.25, 0.3) is 20.9 Å². The summed E-state index contributed by atoms with van der Waals surface area (Å²) in [6, 6.07) is 36.5. The minimum Gasteiger partial charge on any atom is -0.310 e. The van der Waals surface area contributed by atoms with Crippen molar-refractivity contribution in [2.45, 2.75) is 0 Å². The Morgan fingerprint density at radius 2 is 1.07 bits per heavy atom. The third-order valence-electron chi connectivity index (χ3n) is 4.87. The van der Waals surface area contributed by atoms with Crippen molar-refractivity contribution >= 4 is 39.7 Å². The van der Waals surface area contributed by atoms with E-state index in [1.807, 2.05) is 0 Å². The molecular formula is C26H19NS2. The Kier molecular flexibility index (Phi) is 4.99. The molecule has 2 heterocycles. The maximum atomic E-state index is 2.35. The second-order valence-corrected chi connectivity index (χ2v) is 8.56. The van der Waals surface area contributed by atoms with Gasteiger partial charge in [0, 0.05) is 32.3 Å². The highest BCUT2D eigenvalue weighted by Crippen LogP contribution is 2.47. The van der Waals surface area contributed by atoms with Crippen LogP contribution in [-0.2, 0) is 0 Å². The number of hydrogen-bond acceptors (Lipinski definition) is 3. The van der Waals surface area contributed by atoms with Crippen molar-refractivity contribution in [1.82, 2.24) is 0 Å². The molecule has 0 aliphatic carbocycles. The van der Waals surface area contributed by atoms with E-state index in [0.717, 1.165) is 11.4 Å². The summed E-state index contributed by atoms with van der Waals surface area (Å²) >= 11 is 3.57. The first-order valence-corrected chi connectivity index (χ1v) is 11.3. The second-order valence-electron chi connectivity index (χ2n) is 6.66. The highest BCUT2D eigenvalue weighted by molar-refractivity contribution is 7.14. The molecule has 3 heteroatoms. The van der Waals surface area contributed by atoms with Crippen molar-refractivity contribution in [3.05, 3.63) is 114 Å². The molecule has 0 aliphatic heterocycles. The zero-order valence-electron chi connectivity index (χ0n) is 15.7. The van der Waals surface area contributed by atoms with Gasteiger partial charge in [-0.1, -0.05) is 60.7 Å². The molecule has 0 bridgehead atoms. The third kappa shape index (κ3) is 3.51. The fraction of sp³-hybridized carbons (Fsp3) is 0. The molecule has 29 heavy (non-hydrogen) atoms. The van der Waals surface area contributed by atoms with Gasteiger partial charge in [-0.2, -0.15) is 0 Å². The Balaban J connectivity index is 1.80. The molecule has 3 aromatic carbocycles. The molecular weight excluding hydrogens is 390 g/mol. The zero-order chi connectivity index (χ0) is 19.5. The predicted molar refractivity (Wildman–Crippen MR) is 128 cm³/mol. The minimum atomic E-state index is 1.15. The average Bonchev–Trinajstić information content (AvgIpc) is 3.50. The van der Waals surface area contributed by atoms with Crippen molar-refractivity contribution in [2.75, 3.05) is 4.90 Å². The Labute approximate surface area is 179 Å². The van der Waals surface area contributed by atoms with Crippen LogP contribution >= 0.6 is 22.7 Å². The highest BCUT2D eigenvalue weighted by atomic mass is 32.1. The number of anilines is 3. The number of hydrogen-bond donors (Lipinski definition) is 0. The Morgan fingerprint density at radius 1 is 0.483 bits per heavy atom. The standard InChI is InChI=1S/C26H19NS2/c1-3-10-20(11-4-1)27(21-12-5-2-6-13-21)23-15-7-14-22(24-16-8-18-28-24)26(23)25-17-9-19-29-25/h1-19H. The normalized spacial score (nSPS) is 10.8. The van der Waals surface area contributed by atoms with Gasteiger partial charge in [-0.15, -0.1) is 22.7 Å². The third-order valence-corrected chi connectivity index (χ3v) is 6.66. The molecule has 0 atom stereocenters. The van der Waals surface area contributed by atoms with Crippen LogP contribution in [-0.4, -0.2) is 0 Å². The van der Waals surface area contributed by atoms with Crippen LogP contribution in [0, 0.1) is 0 Å². The molecule has 0 amide bonds.